The van der Waals surface area contributed by atoms with Gasteiger partial charge in [0, 0.05) is 6.04 Å². The van der Waals surface area contributed by atoms with Crippen molar-refractivity contribution in [2.24, 2.45) is 5.73 Å². The number of benzene rings is 1. The lowest BCUT2D eigenvalue weighted by molar-refractivity contribution is -0.137. The quantitative estimate of drug-likeness (QED) is 0.792. The molecule has 1 aliphatic rings. The van der Waals surface area contributed by atoms with E-state index in [1.54, 1.807) is 0 Å². The molecular formula is C12H15NO4S. The van der Waals surface area contributed by atoms with Crippen LogP contribution >= 0.6 is 0 Å². The van der Waals surface area contributed by atoms with Gasteiger partial charge in [0.15, 0.2) is 9.84 Å². The second-order valence-corrected chi connectivity index (χ2v) is 6.57. The van der Waals surface area contributed by atoms with Crippen molar-refractivity contribution in [2.75, 3.05) is 12.9 Å². The van der Waals surface area contributed by atoms with E-state index in [2.05, 4.69) is 4.74 Å². The van der Waals surface area contributed by atoms with Crippen LogP contribution in [0.1, 0.15) is 17.2 Å². The molecule has 98 valence electrons. The molecule has 1 aromatic rings. The van der Waals surface area contributed by atoms with E-state index in [1.807, 2.05) is 24.3 Å². The number of nitrogens with two attached hydrogens (primary N) is 1. The van der Waals surface area contributed by atoms with E-state index < -0.39 is 32.9 Å². The Bertz CT molecular complexity index is 567. The molecule has 0 fully saturated rings. The van der Waals surface area contributed by atoms with Crippen molar-refractivity contribution < 1.29 is 17.9 Å². The Morgan fingerprint density at radius 2 is 2.11 bits per heavy atom. The number of rotatable bonds is 3. The van der Waals surface area contributed by atoms with Gasteiger partial charge in [0.1, 0.15) is 5.75 Å². The first kappa shape index (κ1) is 13.0. The van der Waals surface area contributed by atoms with Crippen LogP contribution in [0.3, 0.4) is 0 Å². The summed E-state index contributed by atoms with van der Waals surface area (Å²) in [6.45, 7) is 0. The molecule has 0 aromatic heterocycles. The van der Waals surface area contributed by atoms with Crippen LogP contribution in [-0.4, -0.2) is 32.5 Å². The fourth-order valence-corrected chi connectivity index (χ4v) is 3.96. The summed E-state index contributed by atoms with van der Waals surface area (Å²) in [4.78, 5) is 11.1. The average molecular weight is 269 g/mol. The first-order valence-electron chi connectivity index (χ1n) is 5.57. The minimum Gasteiger partial charge on any atom is -0.468 e. The smallest absolute Gasteiger partial charge is 0.320 e. The molecule has 0 heterocycles. The number of hydrogen-bond donors (Lipinski definition) is 1. The van der Waals surface area contributed by atoms with Gasteiger partial charge in [-0.05, 0) is 17.5 Å². The summed E-state index contributed by atoms with van der Waals surface area (Å²) < 4.78 is 28.6. The van der Waals surface area contributed by atoms with Crippen molar-refractivity contribution in [3.05, 3.63) is 35.4 Å². The number of hydrogen-bond acceptors (Lipinski definition) is 5. The van der Waals surface area contributed by atoms with E-state index in [0.29, 0.717) is 6.42 Å². The van der Waals surface area contributed by atoms with E-state index in [4.69, 9.17) is 5.73 Å². The molecule has 5 nitrogen and oxygen atoms in total. The minimum absolute atomic E-state index is 0.358. The Labute approximate surface area is 106 Å². The molecule has 0 radical (unpaired) electrons. The topological polar surface area (TPSA) is 86.5 Å². The van der Waals surface area contributed by atoms with Crippen LogP contribution in [0.2, 0.25) is 0 Å². The summed E-state index contributed by atoms with van der Waals surface area (Å²) in [5.74, 6) is -1.37. The predicted octanol–water partition coefficient (Wildman–Crippen LogP) is 0.199. The first-order chi connectivity index (χ1) is 8.45. The van der Waals surface area contributed by atoms with Crippen molar-refractivity contribution in [1.29, 1.82) is 0 Å². The molecule has 2 rings (SSSR count). The normalized spacial score (nSPS) is 22.6. The Hall–Kier alpha value is -1.40. The fourth-order valence-electron chi connectivity index (χ4n) is 2.27. The van der Waals surface area contributed by atoms with Gasteiger partial charge in [-0.2, -0.15) is 0 Å². The van der Waals surface area contributed by atoms with Crippen LogP contribution in [-0.2, 0) is 25.8 Å². The van der Waals surface area contributed by atoms with Crippen molar-refractivity contribution in [2.45, 2.75) is 17.7 Å². The van der Waals surface area contributed by atoms with Crippen molar-refractivity contribution in [3.8, 4) is 0 Å². The number of methoxy groups -OCH3 is 1. The number of esters is 1. The molecule has 2 unspecified atom stereocenters. The lowest BCUT2D eigenvalue weighted by Gasteiger charge is -2.15. The predicted molar refractivity (Wildman–Crippen MR) is 66.7 cm³/mol. The summed E-state index contributed by atoms with van der Waals surface area (Å²) >= 11 is 0. The Morgan fingerprint density at radius 3 is 2.72 bits per heavy atom. The summed E-state index contributed by atoms with van der Waals surface area (Å²) in [7, 11) is -2.42. The maximum atomic E-state index is 12.1. The third-order valence-electron chi connectivity index (χ3n) is 3.24. The average Bonchev–Trinajstić information content (AvgIpc) is 2.68. The highest BCUT2D eigenvalue weighted by Crippen LogP contribution is 2.33. The Balaban J connectivity index is 2.26. The van der Waals surface area contributed by atoms with Gasteiger partial charge in [-0.15, -0.1) is 0 Å². The lowest BCUT2D eigenvalue weighted by atomic mass is 10.1. The minimum atomic E-state index is -3.59. The fraction of sp³-hybridized carbons (Fsp3) is 0.417. The van der Waals surface area contributed by atoms with Gasteiger partial charge in [-0.1, -0.05) is 24.3 Å². The zero-order chi connectivity index (χ0) is 13.3. The van der Waals surface area contributed by atoms with E-state index in [1.165, 1.54) is 7.11 Å². The van der Waals surface area contributed by atoms with E-state index >= 15 is 0 Å². The summed E-state index contributed by atoms with van der Waals surface area (Å²) in [6, 6.07) is 6.79. The van der Waals surface area contributed by atoms with Crippen LogP contribution in [0.4, 0.5) is 0 Å². The number of ether oxygens (including phenoxy) is 1. The molecule has 6 heteroatoms. The number of carbonyl (C=O) groups is 1. The molecule has 0 amide bonds. The van der Waals surface area contributed by atoms with Crippen molar-refractivity contribution in [1.82, 2.24) is 0 Å². The molecule has 2 atom stereocenters. The van der Waals surface area contributed by atoms with Gasteiger partial charge in [0.05, 0.1) is 12.4 Å². The van der Waals surface area contributed by atoms with Gasteiger partial charge >= 0.3 is 5.97 Å². The zero-order valence-corrected chi connectivity index (χ0v) is 10.8. The third kappa shape index (κ3) is 2.26. The van der Waals surface area contributed by atoms with Crippen LogP contribution in [0, 0.1) is 0 Å². The van der Waals surface area contributed by atoms with Crippen LogP contribution in [0.5, 0.6) is 0 Å². The molecule has 18 heavy (non-hydrogen) atoms. The Morgan fingerprint density at radius 1 is 1.44 bits per heavy atom. The lowest BCUT2D eigenvalue weighted by Crippen LogP contribution is -2.35. The summed E-state index contributed by atoms with van der Waals surface area (Å²) in [5, 5.41) is -0.742. The largest absolute Gasteiger partial charge is 0.468 e. The number of fused-ring (bicyclic) bond motifs is 1. The molecule has 1 aliphatic carbocycles. The molecule has 0 saturated carbocycles. The standard InChI is InChI=1S/C12H15NO4S/c1-17-11(14)7-18(15,16)10-6-8-4-2-3-5-9(8)12(10)13/h2-5,10,12H,6-7,13H2,1H3. The highest BCUT2D eigenvalue weighted by Gasteiger charge is 2.39. The SMILES string of the molecule is COC(=O)CS(=O)(=O)C1Cc2ccccc2C1N. The van der Waals surface area contributed by atoms with Gasteiger partial charge in [-0.25, -0.2) is 8.42 Å². The number of sulfone groups is 1. The molecule has 0 saturated heterocycles. The van der Waals surface area contributed by atoms with Gasteiger partial charge < -0.3 is 10.5 Å². The summed E-state index contributed by atoms with van der Waals surface area (Å²) in [6.07, 6.45) is 0.358. The van der Waals surface area contributed by atoms with Gasteiger partial charge in [-0.3, -0.25) is 4.79 Å². The molecular weight excluding hydrogens is 254 g/mol. The summed E-state index contributed by atoms with van der Waals surface area (Å²) in [5.41, 5.74) is 7.74. The van der Waals surface area contributed by atoms with Crippen LogP contribution in [0.15, 0.2) is 24.3 Å². The highest BCUT2D eigenvalue weighted by molar-refractivity contribution is 7.92. The van der Waals surface area contributed by atoms with Crippen LogP contribution in [0.25, 0.3) is 0 Å². The Kier molecular flexibility index (Phi) is 3.41. The van der Waals surface area contributed by atoms with Gasteiger partial charge in [0.25, 0.3) is 0 Å². The second kappa shape index (κ2) is 4.70. The maximum absolute atomic E-state index is 12.1. The van der Waals surface area contributed by atoms with E-state index in [0.717, 1.165) is 11.1 Å². The molecule has 0 aliphatic heterocycles. The molecule has 0 bridgehead atoms. The first-order valence-corrected chi connectivity index (χ1v) is 7.29. The van der Waals surface area contributed by atoms with E-state index in [-0.39, 0.29) is 0 Å². The van der Waals surface area contributed by atoms with Crippen molar-refractivity contribution in [3.63, 3.8) is 0 Å². The third-order valence-corrected chi connectivity index (χ3v) is 5.26. The van der Waals surface area contributed by atoms with Crippen molar-refractivity contribution >= 4 is 15.8 Å². The second-order valence-electron chi connectivity index (χ2n) is 4.35. The molecule has 2 N–H and O–H groups in total. The van der Waals surface area contributed by atoms with Gasteiger partial charge in [0.2, 0.25) is 0 Å². The highest BCUT2D eigenvalue weighted by atomic mass is 32.2. The molecule has 0 spiro atoms. The molecule has 1 aromatic carbocycles. The van der Waals surface area contributed by atoms with Crippen LogP contribution < -0.4 is 5.73 Å². The van der Waals surface area contributed by atoms with E-state index in [9.17, 15) is 13.2 Å². The monoisotopic (exact) mass is 269 g/mol. The number of carbonyl (C=O) groups excluding carboxylic acids is 1. The zero-order valence-electron chi connectivity index (χ0n) is 10.00. The maximum Gasteiger partial charge on any atom is 0.320 e.